The molecular weight excluding hydrogens is 1470 g/mol. The third kappa shape index (κ3) is 16.1. The summed E-state index contributed by atoms with van der Waals surface area (Å²) >= 11 is 0. The fraction of sp³-hybridized carbons (Fsp3) is 0.190. The van der Waals surface area contributed by atoms with Crippen LogP contribution in [0.3, 0.4) is 0 Å². The molecule has 0 saturated carbocycles. The summed E-state index contributed by atoms with van der Waals surface area (Å²) in [5, 5.41) is 0. The first-order valence-corrected chi connectivity index (χ1v) is 30.8. The van der Waals surface area contributed by atoms with Crippen LogP contribution in [0.25, 0.3) is 45.0 Å². The zero-order chi connectivity index (χ0) is 70.1. The second-order valence-electron chi connectivity index (χ2n) is 24.6. The van der Waals surface area contributed by atoms with Crippen molar-refractivity contribution in [3.8, 4) is 91.0 Å². The molecule has 8 aromatic heterocycles. The standard InChI is InChI=1S/C39H32F4N4O2.C39H30F4N4O2.CH4.Pt.H2/c2*1-21-9-7-10-22(2)35(21)48-25-17-29(27-13-15-33(40)46-37(27)42)44-31(19-25)39(5,6)32-20-26(49-36-23(3)11-8-12-24(36)4)18-30(45-32)28-14-16-34(41)47-38(28)43;;;/h7-20H,1-6H3;7-12,15-20H,1-6H3;1H4;;1H/q;-2;;+2;. The van der Waals surface area contributed by atoms with Gasteiger partial charge in [0.05, 0.1) is 33.9 Å². The molecule has 12 nitrogen and oxygen atoms in total. The van der Waals surface area contributed by atoms with Gasteiger partial charge in [-0.15, -0.1) is 12.1 Å². The number of rotatable bonds is 16. The molecule has 0 aliphatic heterocycles. The first-order chi connectivity index (χ1) is 46.6. The molecule has 0 atom stereocenters. The number of aromatic nitrogens is 8. The number of para-hydroxylation sites is 4. The molecule has 4 aromatic carbocycles. The zero-order valence-electron chi connectivity index (χ0n) is 55.6. The molecular formula is C79H68F8N8O4Pt. The Kier molecular flexibility index (Phi) is 22.3. The number of benzene rings is 4. The van der Waals surface area contributed by atoms with Gasteiger partial charge in [-0.1, -0.05) is 103 Å². The smallest absolute Gasteiger partial charge is 0.458 e. The van der Waals surface area contributed by atoms with E-state index in [0.29, 0.717) is 68.8 Å². The Morgan fingerprint density at radius 1 is 0.310 bits per heavy atom. The minimum Gasteiger partial charge on any atom is -0.458 e. The van der Waals surface area contributed by atoms with Crippen molar-refractivity contribution in [1.82, 2.24) is 39.9 Å². The van der Waals surface area contributed by atoms with Crippen molar-refractivity contribution in [1.29, 1.82) is 0 Å². The van der Waals surface area contributed by atoms with Crippen LogP contribution >= 0.6 is 0 Å². The van der Waals surface area contributed by atoms with Gasteiger partial charge in [-0.2, -0.15) is 27.5 Å². The first-order valence-electron chi connectivity index (χ1n) is 30.8. The van der Waals surface area contributed by atoms with Crippen molar-refractivity contribution in [2.24, 2.45) is 0 Å². The molecule has 0 unspecified atom stereocenters. The molecule has 0 bridgehead atoms. The Balaban J connectivity index is 0.000000249. The maximum atomic E-state index is 15.1. The van der Waals surface area contributed by atoms with Crippen molar-refractivity contribution >= 4 is 0 Å². The number of aryl methyl sites for hydroxylation is 8. The summed E-state index contributed by atoms with van der Waals surface area (Å²) in [5.74, 6) is -4.52. The van der Waals surface area contributed by atoms with Crippen molar-refractivity contribution in [2.45, 2.75) is 101 Å². The van der Waals surface area contributed by atoms with Crippen molar-refractivity contribution in [2.75, 3.05) is 0 Å². The van der Waals surface area contributed by atoms with E-state index in [2.05, 4.69) is 32.1 Å². The van der Waals surface area contributed by atoms with Crippen LogP contribution in [0.1, 0.15) is 104 Å². The van der Waals surface area contributed by atoms with E-state index >= 15 is 17.6 Å². The second-order valence-corrected chi connectivity index (χ2v) is 24.6. The average Bonchev–Trinajstić information content (AvgIpc) is 0.770. The van der Waals surface area contributed by atoms with Crippen LogP contribution in [0.5, 0.6) is 46.0 Å². The Hall–Kier alpha value is -10.6. The van der Waals surface area contributed by atoms with E-state index in [1.807, 2.05) is 156 Å². The third-order valence-electron chi connectivity index (χ3n) is 16.5. The van der Waals surface area contributed by atoms with Gasteiger partial charge in [-0.25, -0.2) is 17.6 Å². The fourth-order valence-electron chi connectivity index (χ4n) is 11.0. The molecule has 0 radical (unpaired) electrons. The quantitative estimate of drug-likeness (QED) is 0.0517. The zero-order valence-corrected chi connectivity index (χ0v) is 57.8. The van der Waals surface area contributed by atoms with Gasteiger partial charge in [-0.3, -0.25) is 29.9 Å². The minimum absolute atomic E-state index is 0. The molecule has 0 amide bonds. The van der Waals surface area contributed by atoms with Gasteiger partial charge < -0.3 is 18.9 Å². The molecule has 0 fully saturated rings. The number of ether oxygens (including phenoxy) is 4. The van der Waals surface area contributed by atoms with E-state index in [1.165, 1.54) is 24.3 Å². The van der Waals surface area contributed by atoms with Gasteiger partial charge in [0.2, 0.25) is 23.8 Å². The Morgan fingerprint density at radius 2 is 0.550 bits per heavy atom. The van der Waals surface area contributed by atoms with Gasteiger partial charge >= 0.3 is 21.1 Å². The Bertz CT molecular complexity index is 4380. The Morgan fingerprint density at radius 3 is 0.800 bits per heavy atom. The number of hydrogen-bond acceptors (Lipinski definition) is 12. The largest absolute Gasteiger partial charge is 2.00 e. The topological polar surface area (TPSA) is 140 Å². The van der Waals surface area contributed by atoms with Crippen LogP contribution in [0.4, 0.5) is 35.1 Å². The Labute approximate surface area is 590 Å². The van der Waals surface area contributed by atoms with Gasteiger partial charge in [0.1, 0.15) is 69.8 Å². The van der Waals surface area contributed by atoms with Gasteiger partial charge in [-0.05, 0) is 175 Å². The second kappa shape index (κ2) is 30.3. The number of hydrogen-bond donors (Lipinski definition) is 0. The maximum absolute atomic E-state index is 15.1. The minimum atomic E-state index is -1.10. The van der Waals surface area contributed by atoms with E-state index in [0.717, 1.165) is 68.8 Å². The van der Waals surface area contributed by atoms with Crippen LogP contribution in [0, 0.1) is 115 Å². The van der Waals surface area contributed by atoms with Gasteiger partial charge in [0, 0.05) is 60.0 Å². The maximum Gasteiger partial charge on any atom is 2.00 e. The molecule has 0 aliphatic carbocycles. The van der Waals surface area contributed by atoms with E-state index in [1.54, 1.807) is 36.4 Å². The van der Waals surface area contributed by atoms with Crippen molar-refractivity contribution in [3.05, 3.63) is 285 Å². The molecule has 0 spiro atoms. The SMILES string of the molecule is C.Cc1cccc(C)c1Oc1cc(-c2[c-]cc(F)nc2F)nc(C(C)(C)c2cc(Oc3c(C)cccc3C)cc(-c3[c-]cc(F)nc3F)n2)c1.Cc1cccc(C)c1Oc1cc(-c2ccc(F)nc2F)nc(C(C)(C)c2cc(Oc3c(C)cccc3C)cc(-c3ccc(F)nc3F)n2)c1.[HH].[Pt+2]. The third-order valence-corrected chi connectivity index (χ3v) is 16.5. The summed E-state index contributed by atoms with van der Waals surface area (Å²) in [4.78, 5) is 32.5. The summed E-state index contributed by atoms with van der Waals surface area (Å²) in [5.41, 5.74) is 6.45. The summed E-state index contributed by atoms with van der Waals surface area (Å²) in [7, 11) is 0. The van der Waals surface area contributed by atoms with Crippen LogP contribution in [-0.4, -0.2) is 39.9 Å². The first kappa shape index (κ1) is 73.6. The molecule has 8 heterocycles. The number of nitrogens with zero attached hydrogens (tertiary/aromatic N) is 8. The van der Waals surface area contributed by atoms with Crippen LogP contribution in [0.2, 0.25) is 0 Å². The predicted octanol–water partition coefficient (Wildman–Crippen LogP) is 21.1. The number of pyridine rings is 8. The van der Waals surface area contributed by atoms with Gasteiger partial charge in [0.25, 0.3) is 0 Å². The molecule has 0 N–H and O–H groups in total. The average molecular weight is 1540 g/mol. The van der Waals surface area contributed by atoms with E-state index in [9.17, 15) is 17.6 Å². The monoisotopic (exact) mass is 1540 g/mol. The molecule has 514 valence electrons. The van der Waals surface area contributed by atoms with E-state index in [4.69, 9.17) is 38.9 Å². The predicted molar refractivity (Wildman–Crippen MR) is 364 cm³/mol. The van der Waals surface area contributed by atoms with Crippen LogP contribution < -0.4 is 18.9 Å². The summed E-state index contributed by atoms with van der Waals surface area (Å²) < 4.78 is 141. The van der Waals surface area contributed by atoms with Crippen molar-refractivity contribution < 1.29 is 76.6 Å². The van der Waals surface area contributed by atoms with Gasteiger partial charge in [0.15, 0.2) is 0 Å². The summed E-state index contributed by atoms with van der Waals surface area (Å²) in [6.07, 6.45) is 0. The molecule has 100 heavy (non-hydrogen) atoms. The summed E-state index contributed by atoms with van der Waals surface area (Å²) in [6.45, 7) is 22.6. The van der Waals surface area contributed by atoms with E-state index in [-0.39, 0.29) is 74.9 Å². The molecule has 0 aliphatic rings. The van der Waals surface area contributed by atoms with Crippen molar-refractivity contribution in [3.63, 3.8) is 0 Å². The normalized spacial score (nSPS) is 11.2. The van der Waals surface area contributed by atoms with Crippen LogP contribution in [-0.2, 0) is 31.9 Å². The molecule has 0 saturated heterocycles. The number of halogens is 8. The van der Waals surface area contributed by atoms with Crippen LogP contribution in [0.15, 0.2) is 158 Å². The molecule has 21 heteroatoms. The fourth-order valence-corrected chi connectivity index (χ4v) is 11.0. The molecule has 12 aromatic rings. The summed E-state index contributed by atoms with van der Waals surface area (Å²) in [6, 6.07) is 47.5. The molecule has 12 rings (SSSR count). The van der Waals surface area contributed by atoms with E-state index < -0.39 is 58.4 Å².